The van der Waals surface area contributed by atoms with E-state index in [1.165, 1.54) is 32.1 Å². The fourth-order valence-electron chi connectivity index (χ4n) is 5.48. The third kappa shape index (κ3) is 0.786. The van der Waals surface area contributed by atoms with E-state index in [4.69, 9.17) is 0 Å². The molecule has 0 heterocycles. The van der Waals surface area contributed by atoms with E-state index in [2.05, 4.69) is 20.8 Å². The molecule has 0 spiro atoms. The molecule has 0 saturated heterocycles. The molecule has 15 heavy (non-hydrogen) atoms. The first-order chi connectivity index (χ1) is 6.96. The van der Waals surface area contributed by atoms with Gasteiger partial charge in [0.25, 0.3) is 0 Å². The third-order valence-corrected chi connectivity index (χ3v) is 6.50. The number of carbonyl (C=O) groups excluding carboxylic acids is 1. The van der Waals surface area contributed by atoms with E-state index in [0.29, 0.717) is 16.6 Å². The SMILES string of the molecule is C[C@@H]1CC[C@]23CCC[C@]12CC(=O)C3(C)C. The molecule has 0 radical (unpaired) electrons. The molecule has 0 bridgehead atoms. The van der Waals surface area contributed by atoms with Gasteiger partial charge in [0.1, 0.15) is 5.78 Å². The molecule has 0 aliphatic heterocycles. The zero-order valence-corrected chi connectivity index (χ0v) is 10.2. The number of Topliss-reactive ketones (excluding diaryl/α,β-unsaturated/α-hetero) is 1. The topological polar surface area (TPSA) is 17.1 Å². The quantitative estimate of drug-likeness (QED) is 0.592. The molecule has 3 rings (SSSR count). The van der Waals surface area contributed by atoms with Crippen LogP contribution in [0.4, 0.5) is 0 Å². The number of rotatable bonds is 0. The van der Waals surface area contributed by atoms with E-state index >= 15 is 0 Å². The lowest BCUT2D eigenvalue weighted by atomic mass is 9.59. The predicted molar refractivity (Wildman–Crippen MR) is 60.5 cm³/mol. The maximum Gasteiger partial charge on any atom is 0.139 e. The summed E-state index contributed by atoms with van der Waals surface area (Å²) < 4.78 is 0. The van der Waals surface area contributed by atoms with Crippen LogP contribution < -0.4 is 0 Å². The fraction of sp³-hybridized carbons (Fsp3) is 0.929. The van der Waals surface area contributed by atoms with Crippen LogP contribution in [0.15, 0.2) is 0 Å². The molecule has 3 fully saturated rings. The van der Waals surface area contributed by atoms with Crippen LogP contribution in [0, 0.1) is 22.2 Å². The minimum Gasteiger partial charge on any atom is -0.299 e. The Balaban J connectivity index is 2.19. The van der Waals surface area contributed by atoms with E-state index in [0.717, 1.165) is 12.3 Å². The van der Waals surface area contributed by atoms with Gasteiger partial charge >= 0.3 is 0 Å². The highest BCUT2D eigenvalue weighted by Gasteiger charge is 2.72. The van der Waals surface area contributed by atoms with Crippen LogP contribution in [0.25, 0.3) is 0 Å². The molecule has 0 N–H and O–H groups in total. The van der Waals surface area contributed by atoms with Gasteiger partial charge in [0, 0.05) is 11.8 Å². The molecule has 3 saturated carbocycles. The second-order valence-electron chi connectivity index (χ2n) is 6.76. The minimum absolute atomic E-state index is 0.0335. The first-order valence-corrected chi connectivity index (χ1v) is 6.50. The molecule has 0 aromatic heterocycles. The molecule has 3 aliphatic carbocycles. The maximum absolute atomic E-state index is 12.3. The highest BCUT2D eigenvalue weighted by Crippen LogP contribution is 2.77. The molecular formula is C14H22O. The summed E-state index contributed by atoms with van der Waals surface area (Å²) >= 11 is 0. The third-order valence-electron chi connectivity index (χ3n) is 6.50. The van der Waals surface area contributed by atoms with Gasteiger partial charge < -0.3 is 0 Å². The highest BCUT2D eigenvalue weighted by molar-refractivity contribution is 5.89. The Morgan fingerprint density at radius 3 is 2.60 bits per heavy atom. The Hall–Kier alpha value is -0.330. The lowest BCUT2D eigenvalue weighted by Gasteiger charge is -2.43. The van der Waals surface area contributed by atoms with Crippen LogP contribution in [0.2, 0.25) is 0 Å². The van der Waals surface area contributed by atoms with E-state index in [9.17, 15) is 4.79 Å². The summed E-state index contributed by atoms with van der Waals surface area (Å²) in [5.41, 5.74) is 0.762. The summed E-state index contributed by atoms with van der Waals surface area (Å²) in [7, 11) is 0. The van der Waals surface area contributed by atoms with Crippen molar-refractivity contribution in [2.24, 2.45) is 22.2 Å². The average Bonchev–Trinajstić information content (AvgIpc) is 2.69. The highest BCUT2D eigenvalue weighted by atomic mass is 16.1. The lowest BCUT2D eigenvalue weighted by molar-refractivity contribution is -0.128. The molecule has 3 atom stereocenters. The summed E-state index contributed by atoms with van der Waals surface area (Å²) in [6.07, 6.45) is 7.56. The largest absolute Gasteiger partial charge is 0.299 e. The van der Waals surface area contributed by atoms with Crippen molar-refractivity contribution in [1.82, 2.24) is 0 Å². The minimum atomic E-state index is -0.0335. The summed E-state index contributed by atoms with van der Waals surface area (Å²) in [6.45, 7) is 6.84. The zero-order valence-electron chi connectivity index (χ0n) is 10.2. The van der Waals surface area contributed by atoms with Crippen molar-refractivity contribution < 1.29 is 4.79 Å². The predicted octanol–water partition coefficient (Wildman–Crippen LogP) is 3.57. The van der Waals surface area contributed by atoms with Crippen molar-refractivity contribution >= 4 is 5.78 Å². The normalized spacial score (nSPS) is 51.9. The number of hydrogen-bond donors (Lipinski definition) is 0. The number of carbonyl (C=O) groups is 1. The van der Waals surface area contributed by atoms with Crippen LogP contribution in [-0.2, 0) is 4.79 Å². The molecule has 1 nitrogen and oxygen atoms in total. The second kappa shape index (κ2) is 2.49. The Kier molecular flexibility index (Phi) is 1.64. The lowest BCUT2D eigenvalue weighted by Crippen LogP contribution is -2.40. The molecule has 0 aromatic rings. The van der Waals surface area contributed by atoms with Crippen LogP contribution >= 0.6 is 0 Å². The van der Waals surface area contributed by atoms with E-state index in [1.807, 2.05) is 0 Å². The molecule has 3 aliphatic rings. The van der Waals surface area contributed by atoms with Gasteiger partial charge in [-0.05, 0) is 42.4 Å². The summed E-state index contributed by atoms with van der Waals surface area (Å²) in [4.78, 5) is 12.3. The van der Waals surface area contributed by atoms with Gasteiger partial charge in [0.15, 0.2) is 0 Å². The van der Waals surface area contributed by atoms with Crippen molar-refractivity contribution in [2.45, 2.75) is 59.3 Å². The molecule has 1 heteroatoms. The first kappa shape index (κ1) is 9.86. The molecule has 0 aromatic carbocycles. The second-order valence-corrected chi connectivity index (χ2v) is 6.76. The van der Waals surface area contributed by atoms with E-state index in [-0.39, 0.29) is 5.41 Å². The van der Waals surface area contributed by atoms with Crippen LogP contribution in [0.5, 0.6) is 0 Å². The van der Waals surface area contributed by atoms with Gasteiger partial charge in [-0.25, -0.2) is 0 Å². The van der Waals surface area contributed by atoms with Gasteiger partial charge in [0.2, 0.25) is 0 Å². The van der Waals surface area contributed by atoms with Crippen molar-refractivity contribution in [2.75, 3.05) is 0 Å². The Labute approximate surface area is 92.6 Å². The number of hydrogen-bond acceptors (Lipinski definition) is 1. The van der Waals surface area contributed by atoms with Gasteiger partial charge in [-0.2, -0.15) is 0 Å². The van der Waals surface area contributed by atoms with Crippen LogP contribution in [-0.4, -0.2) is 5.78 Å². The van der Waals surface area contributed by atoms with Crippen molar-refractivity contribution in [3.05, 3.63) is 0 Å². The summed E-state index contributed by atoms with van der Waals surface area (Å²) in [6, 6.07) is 0. The fourth-order valence-corrected chi connectivity index (χ4v) is 5.48. The zero-order chi connectivity index (χ0) is 10.9. The van der Waals surface area contributed by atoms with E-state index in [1.54, 1.807) is 0 Å². The van der Waals surface area contributed by atoms with Crippen molar-refractivity contribution in [3.8, 4) is 0 Å². The Morgan fingerprint density at radius 1 is 1.20 bits per heavy atom. The summed E-state index contributed by atoms with van der Waals surface area (Å²) in [5.74, 6) is 1.33. The maximum atomic E-state index is 12.3. The molecule has 84 valence electrons. The molecular weight excluding hydrogens is 184 g/mol. The smallest absolute Gasteiger partial charge is 0.139 e. The van der Waals surface area contributed by atoms with Gasteiger partial charge in [-0.3, -0.25) is 4.79 Å². The number of ketones is 1. The monoisotopic (exact) mass is 206 g/mol. The van der Waals surface area contributed by atoms with Gasteiger partial charge in [-0.15, -0.1) is 0 Å². The Bertz CT molecular complexity index is 330. The standard InChI is InChI=1S/C14H22O/c1-10-5-8-14-7-4-6-13(10,14)9-11(15)12(14,2)3/h10H,4-9H2,1-3H3/t10-,13+,14+/m1/s1. The summed E-state index contributed by atoms with van der Waals surface area (Å²) in [5, 5.41) is 0. The van der Waals surface area contributed by atoms with Gasteiger partial charge in [0.05, 0.1) is 0 Å². The van der Waals surface area contributed by atoms with Crippen LogP contribution in [0.3, 0.4) is 0 Å². The average molecular weight is 206 g/mol. The van der Waals surface area contributed by atoms with Crippen molar-refractivity contribution in [3.63, 3.8) is 0 Å². The first-order valence-electron chi connectivity index (χ1n) is 6.50. The van der Waals surface area contributed by atoms with Crippen molar-refractivity contribution in [1.29, 1.82) is 0 Å². The van der Waals surface area contributed by atoms with E-state index < -0.39 is 0 Å². The van der Waals surface area contributed by atoms with Gasteiger partial charge in [-0.1, -0.05) is 27.2 Å². The molecule has 0 unspecified atom stereocenters. The Morgan fingerprint density at radius 2 is 1.93 bits per heavy atom. The van der Waals surface area contributed by atoms with Crippen LogP contribution in [0.1, 0.15) is 59.3 Å². The molecule has 0 amide bonds.